The van der Waals surface area contributed by atoms with Gasteiger partial charge < -0.3 is 20.3 Å². The zero-order valence-corrected chi connectivity index (χ0v) is 17.7. The molecule has 4 rings (SSSR count). The van der Waals surface area contributed by atoms with Crippen LogP contribution in [0.5, 0.6) is 5.88 Å². The van der Waals surface area contributed by atoms with Crippen LogP contribution in [0.15, 0.2) is 42.6 Å². The molecule has 2 N–H and O–H groups in total. The van der Waals surface area contributed by atoms with E-state index in [1.54, 1.807) is 25.4 Å². The number of methoxy groups -OCH3 is 1. The van der Waals surface area contributed by atoms with Crippen molar-refractivity contribution < 1.29 is 9.53 Å². The molecule has 3 aromatic rings. The fourth-order valence-corrected chi connectivity index (χ4v) is 4.02. The Labute approximate surface area is 180 Å². The molecule has 0 radical (unpaired) electrons. The Bertz CT molecular complexity index is 1070. The summed E-state index contributed by atoms with van der Waals surface area (Å²) >= 11 is 6.31. The highest BCUT2D eigenvalue weighted by Gasteiger charge is 2.23. The zero-order chi connectivity index (χ0) is 21.1. The molecule has 0 bridgehead atoms. The fourth-order valence-electron chi connectivity index (χ4n) is 3.79. The molecule has 156 valence electrons. The van der Waals surface area contributed by atoms with Gasteiger partial charge in [0.25, 0.3) is 0 Å². The SMILES string of the molecule is COc1ccc(Cl)c(N2CCC(NC(=O)Nc3cccc4c(C)nccc34)CC2)n1. The molecule has 7 nitrogen and oxygen atoms in total. The third-order valence-corrected chi connectivity index (χ3v) is 5.69. The highest BCUT2D eigenvalue weighted by atomic mass is 35.5. The van der Waals surface area contributed by atoms with Gasteiger partial charge in [-0.05, 0) is 38.0 Å². The number of halogens is 1. The van der Waals surface area contributed by atoms with Crippen LogP contribution in [0.1, 0.15) is 18.5 Å². The van der Waals surface area contributed by atoms with E-state index in [0.717, 1.165) is 53.9 Å². The van der Waals surface area contributed by atoms with Gasteiger partial charge in [-0.2, -0.15) is 4.98 Å². The average Bonchev–Trinajstić information content (AvgIpc) is 2.75. The molecule has 0 spiro atoms. The van der Waals surface area contributed by atoms with E-state index in [2.05, 4.69) is 25.5 Å². The van der Waals surface area contributed by atoms with Crippen LogP contribution in [-0.4, -0.2) is 42.2 Å². The summed E-state index contributed by atoms with van der Waals surface area (Å²) in [6, 6.07) is 11.2. The van der Waals surface area contributed by atoms with E-state index in [9.17, 15) is 4.79 Å². The molecular formula is C22H24ClN5O2. The van der Waals surface area contributed by atoms with Gasteiger partial charge in [0, 0.05) is 47.9 Å². The Morgan fingerprint density at radius 1 is 1.17 bits per heavy atom. The number of piperidine rings is 1. The van der Waals surface area contributed by atoms with E-state index in [0.29, 0.717) is 10.9 Å². The lowest BCUT2D eigenvalue weighted by Gasteiger charge is -2.33. The lowest BCUT2D eigenvalue weighted by molar-refractivity contribution is 0.246. The Morgan fingerprint density at radius 2 is 1.97 bits per heavy atom. The maximum atomic E-state index is 12.6. The van der Waals surface area contributed by atoms with Gasteiger partial charge in [-0.15, -0.1) is 0 Å². The van der Waals surface area contributed by atoms with Gasteiger partial charge in [-0.1, -0.05) is 23.7 Å². The first-order valence-corrected chi connectivity index (χ1v) is 10.3. The predicted molar refractivity (Wildman–Crippen MR) is 120 cm³/mol. The maximum Gasteiger partial charge on any atom is 0.319 e. The Kier molecular flexibility index (Phi) is 5.90. The number of hydrogen-bond acceptors (Lipinski definition) is 5. The number of nitrogens with zero attached hydrogens (tertiary/aromatic N) is 3. The van der Waals surface area contributed by atoms with Crippen LogP contribution in [-0.2, 0) is 0 Å². The molecule has 0 aliphatic carbocycles. The summed E-state index contributed by atoms with van der Waals surface area (Å²) in [4.78, 5) is 23.5. The minimum Gasteiger partial charge on any atom is -0.481 e. The number of ether oxygens (including phenoxy) is 1. The number of amides is 2. The van der Waals surface area contributed by atoms with Crippen LogP contribution >= 0.6 is 11.6 Å². The number of carbonyl (C=O) groups is 1. The first-order chi connectivity index (χ1) is 14.5. The maximum absolute atomic E-state index is 12.6. The van der Waals surface area contributed by atoms with Crippen LogP contribution < -0.4 is 20.3 Å². The highest BCUT2D eigenvalue weighted by molar-refractivity contribution is 6.33. The molecule has 8 heteroatoms. The van der Waals surface area contributed by atoms with Gasteiger partial charge in [0.2, 0.25) is 5.88 Å². The summed E-state index contributed by atoms with van der Waals surface area (Å²) in [6.07, 6.45) is 3.37. The first kappa shape index (κ1) is 20.2. The number of pyridine rings is 2. The van der Waals surface area contributed by atoms with Crippen LogP contribution in [0.25, 0.3) is 10.8 Å². The molecule has 1 aliphatic heterocycles. The molecule has 0 unspecified atom stereocenters. The van der Waals surface area contributed by atoms with Crippen molar-refractivity contribution in [1.29, 1.82) is 0 Å². The van der Waals surface area contributed by atoms with Crippen molar-refractivity contribution in [3.05, 3.63) is 53.3 Å². The normalized spacial score (nSPS) is 14.6. The van der Waals surface area contributed by atoms with Crippen molar-refractivity contribution >= 4 is 39.9 Å². The van der Waals surface area contributed by atoms with Gasteiger partial charge >= 0.3 is 6.03 Å². The topological polar surface area (TPSA) is 79.4 Å². The molecule has 1 fully saturated rings. The average molecular weight is 426 g/mol. The second-order valence-electron chi connectivity index (χ2n) is 7.32. The highest BCUT2D eigenvalue weighted by Crippen LogP contribution is 2.29. The summed E-state index contributed by atoms with van der Waals surface area (Å²) in [5, 5.41) is 8.68. The second-order valence-corrected chi connectivity index (χ2v) is 7.72. The van der Waals surface area contributed by atoms with Crippen molar-refractivity contribution in [2.75, 3.05) is 30.4 Å². The summed E-state index contributed by atoms with van der Waals surface area (Å²) in [6.45, 7) is 3.47. The van der Waals surface area contributed by atoms with E-state index in [1.807, 2.05) is 31.2 Å². The molecular weight excluding hydrogens is 402 g/mol. The number of aryl methyl sites for hydroxylation is 1. The third kappa shape index (κ3) is 4.26. The second kappa shape index (κ2) is 8.75. The minimum absolute atomic E-state index is 0.0870. The van der Waals surface area contributed by atoms with Crippen molar-refractivity contribution in [1.82, 2.24) is 15.3 Å². The monoisotopic (exact) mass is 425 g/mol. The zero-order valence-electron chi connectivity index (χ0n) is 17.0. The molecule has 1 saturated heterocycles. The molecule has 2 amide bonds. The smallest absolute Gasteiger partial charge is 0.319 e. The molecule has 30 heavy (non-hydrogen) atoms. The minimum atomic E-state index is -0.201. The molecule has 2 aromatic heterocycles. The van der Waals surface area contributed by atoms with Gasteiger partial charge in [0.1, 0.15) is 0 Å². The van der Waals surface area contributed by atoms with Crippen molar-refractivity contribution in [2.24, 2.45) is 0 Å². The van der Waals surface area contributed by atoms with Gasteiger partial charge in [0.15, 0.2) is 5.82 Å². The molecule has 1 aliphatic rings. The number of benzene rings is 1. The standard InChI is InChI=1S/C22H24ClN5O2/c1-14-16-4-3-5-19(17(16)8-11-24-14)26-22(29)25-15-9-12-28(13-10-15)21-18(23)6-7-20(27-21)30-2/h3-8,11,15H,9-10,12-13H2,1-2H3,(H2,25,26,29). The fraction of sp³-hybridized carbons (Fsp3) is 0.318. The number of aromatic nitrogens is 2. The van der Waals surface area contributed by atoms with Crippen LogP contribution in [0.2, 0.25) is 5.02 Å². The number of rotatable bonds is 4. The van der Waals surface area contributed by atoms with E-state index in [4.69, 9.17) is 16.3 Å². The van der Waals surface area contributed by atoms with Crippen molar-refractivity contribution in [2.45, 2.75) is 25.8 Å². The van der Waals surface area contributed by atoms with E-state index in [1.165, 1.54) is 0 Å². The number of anilines is 2. The lowest BCUT2D eigenvalue weighted by atomic mass is 10.1. The van der Waals surface area contributed by atoms with Crippen molar-refractivity contribution in [3.63, 3.8) is 0 Å². The summed E-state index contributed by atoms with van der Waals surface area (Å²) in [7, 11) is 1.59. The van der Waals surface area contributed by atoms with Gasteiger partial charge in [0.05, 0.1) is 17.8 Å². The first-order valence-electron chi connectivity index (χ1n) is 9.92. The summed E-state index contributed by atoms with van der Waals surface area (Å²) in [5.41, 5.74) is 1.72. The van der Waals surface area contributed by atoms with Crippen molar-refractivity contribution in [3.8, 4) is 5.88 Å². The quantitative estimate of drug-likeness (QED) is 0.648. The van der Waals surface area contributed by atoms with Crippen LogP contribution in [0.4, 0.5) is 16.3 Å². The Hall–Kier alpha value is -3.06. The summed E-state index contributed by atoms with van der Waals surface area (Å²) in [5.74, 6) is 1.26. The van der Waals surface area contributed by atoms with Crippen LogP contribution in [0.3, 0.4) is 0 Å². The molecule has 1 aromatic carbocycles. The number of hydrogen-bond donors (Lipinski definition) is 2. The molecule has 0 saturated carbocycles. The lowest BCUT2D eigenvalue weighted by Crippen LogP contribution is -2.46. The summed E-state index contributed by atoms with van der Waals surface area (Å²) < 4.78 is 5.20. The van der Waals surface area contributed by atoms with Crippen LogP contribution in [0, 0.1) is 6.92 Å². The third-order valence-electron chi connectivity index (χ3n) is 5.39. The predicted octanol–water partition coefficient (Wildman–Crippen LogP) is 4.39. The van der Waals surface area contributed by atoms with Gasteiger partial charge in [-0.25, -0.2) is 4.79 Å². The Morgan fingerprint density at radius 3 is 2.73 bits per heavy atom. The molecule has 3 heterocycles. The van der Waals surface area contributed by atoms with E-state index in [-0.39, 0.29) is 12.1 Å². The number of carbonyl (C=O) groups excluding carboxylic acids is 1. The number of fused-ring (bicyclic) bond motifs is 1. The number of nitrogens with one attached hydrogen (secondary N) is 2. The van der Waals surface area contributed by atoms with Gasteiger partial charge in [-0.3, -0.25) is 4.98 Å². The Balaban J connectivity index is 1.37. The molecule has 0 atom stereocenters. The van der Waals surface area contributed by atoms with E-state index >= 15 is 0 Å². The number of urea groups is 1. The largest absolute Gasteiger partial charge is 0.481 e. The van der Waals surface area contributed by atoms with E-state index < -0.39 is 0 Å².